The number of hydrogen-bond donors (Lipinski definition) is 0. The van der Waals surface area contributed by atoms with Gasteiger partial charge in [0.05, 0.1) is 33.1 Å². The van der Waals surface area contributed by atoms with Gasteiger partial charge in [-0.15, -0.1) is 0 Å². The molecule has 0 fully saturated rings. The average molecular weight is 601 g/mol. The number of imidazole rings is 1. The predicted octanol–water partition coefficient (Wildman–Crippen LogP) is 9.78. The largest absolute Gasteiger partial charge is 0.309 e. The molecule has 47 heavy (non-hydrogen) atoms. The van der Waals surface area contributed by atoms with Crippen molar-refractivity contribution in [2.45, 2.75) is 0 Å². The number of pyridine rings is 3. The summed E-state index contributed by atoms with van der Waals surface area (Å²) in [6.07, 6.45) is 3.72. The zero-order chi connectivity index (χ0) is 30.6. The molecule has 6 heterocycles. The highest BCUT2D eigenvalue weighted by Crippen LogP contribution is 2.44. The number of rotatable bonds is 2. The van der Waals surface area contributed by atoms with Crippen LogP contribution in [-0.2, 0) is 0 Å². The molecule has 0 bridgehead atoms. The smallest absolute Gasteiger partial charge is 0.165 e. The summed E-state index contributed by atoms with van der Waals surface area (Å²) in [6.45, 7) is 0. The fourth-order valence-corrected chi connectivity index (χ4v) is 7.80. The van der Waals surface area contributed by atoms with Gasteiger partial charge in [-0.1, -0.05) is 54.6 Å². The van der Waals surface area contributed by atoms with E-state index >= 15 is 0 Å². The SMILES string of the molecule is c1ccc(-n2c3ccccc3c3cc4c5c6c(ccc5n(-c5ccccc5)c4cc32)c2nc3cccnc3n2c2cccnc62)cc1. The van der Waals surface area contributed by atoms with Gasteiger partial charge in [0.15, 0.2) is 5.65 Å². The molecule has 0 aliphatic rings. The van der Waals surface area contributed by atoms with E-state index in [-0.39, 0.29) is 0 Å². The van der Waals surface area contributed by atoms with Crippen LogP contribution < -0.4 is 0 Å². The lowest BCUT2D eigenvalue weighted by molar-refractivity contribution is 1.16. The number of benzene rings is 5. The maximum absolute atomic E-state index is 5.14. The molecule has 218 valence electrons. The zero-order valence-electron chi connectivity index (χ0n) is 25.0. The molecule has 0 saturated carbocycles. The molecule has 0 N–H and O–H groups in total. The Morgan fingerprint density at radius 3 is 1.91 bits per heavy atom. The lowest BCUT2D eigenvalue weighted by Gasteiger charge is -2.11. The van der Waals surface area contributed by atoms with Crippen LogP contribution in [0, 0.1) is 0 Å². The van der Waals surface area contributed by atoms with Crippen molar-refractivity contribution in [2.75, 3.05) is 0 Å². The molecule has 6 nitrogen and oxygen atoms in total. The first kappa shape index (κ1) is 24.8. The highest BCUT2D eigenvalue weighted by Gasteiger charge is 2.23. The van der Waals surface area contributed by atoms with Gasteiger partial charge in [0.25, 0.3) is 0 Å². The van der Waals surface area contributed by atoms with Crippen molar-refractivity contribution in [3.8, 4) is 11.4 Å². The van der Waals surface area contributed by atoms with Crippen LogP contribution in [0.4, 0.5) is 0 Å². The zero-order valence-corrected chi connectivity index (χ0v) is 25.0. The van der Waals surface area contributed by atoms with E-state index in [1.54, 1.807) is 0 Å². The second-order valence-corrected chi connectivity index (χ2v) is 12.1. The minimum Gasteiger partial charge on any atom is -0.309 e. The molecule has 0 saturated heterocycles. The monoisotopic (exact) mass is 600 g/mol. The van der Waals surface area contributed by atoms with E-state index in [2.05, 4.69) is 129 Å². The van der Waals surface area contributed by atoms with Crippen molar-refractivity contribution >= 4 is 82.2 Å². The van der Waals surface area contributed by atoms with Crippen molar-refractivity contribution in [3.63, 3.8) is 0 Å². The Labute approximate surface area is 267 Å². The summed E-state index contributed by atoms with van der Waals surface area (Å²) in [7, 11) is 0. The Bertz CT molecular complexity index is 3060. The number of para-hydroxylation sites is 3. The molecule has 6 heteroatoms. The minimum absolute atomic E-state index is 0.838. The standard InChI is InChI=1S/C41H24N6/c1-3-11-25(12-4-1)45-32-17-8-7-15-27(32)29-23-30-36(24-35(29)45)46(26-13-5-2-6-14-26)33-20-19-28-38(37(30)33)39-34(18-10-21-42-39)47-40(28)44-31-16-9-22-43-41(31)47/h1-24H. The number of aromatic nitrogens is 6. The summed E-state index contributed by atoms with van der Waals surface area (Å²) in [4.78, 5) is 14.9. The van der Waals surface area contributed by atoms with Crippen LogP contribution in [0.1, 0.15) is 0 Å². The summed E-state index contributed by atoms with van der Waals surface area (Å²) in [5.41, 5.74) is 11.4. The highest BCUT2D eigenvalue weighted by molar-refractivity contribution is 6.31. The molecule has 0 aliphatic carbocycles. The lowest BCUT2D eigenvalue weighted by atomic mass is 10.0. The molecule has 0 aliphatic heterocycles. The van der Waals surface area contributed by atoms with Crippen LogP contribution in [0.25, 0.3) is 93.6 Å². The Morgan fingerprint density at radius 2 is 1.09 bits per heavy atom. The van der Waals surface area contributed by atoms with Gasteiger partial charge >= 0.3 is 0 Å². The predicted molar refractivity (Wildman–Crippen MR) is 192 cm³/mol. The Balaban J connectivity index is 1.41. The van der Waals surface area contributed by atoms with E-state index in [4.69, 9.17) is 15.0 Å². The van der Waals surface area contributed by atoms with Gasteiger partial charge < -0.3 is 9.13 Å². The summed E-state index contributed by atoms with van der Waals surface area (Å²) in [5, 5.41) is 6.96. The van der Waals surface area contributed by atoms with E-state index in [1.165, 1.54) is 32.6 Å². The highest BCUT2D eigenvalue weighted by atomic mass is 15.1. The van der Waals surface area contributed by atoms with E-state index in [9.17, 15) is 0 Å². The van der Waals surface area contributed by atoms with Crippen LogP contribution >= 0.6 is 0 Å². The maximum atomic E-state index is 5.14. The van der Waals surface area contributed by atoms with Gasteiger partial charge in [0, 0.05) is 56.1 Å². The normalized spacial score (nSPS) is 12.3. The third kappa shape index (κ3) is 3.21. The van der Waals surface area contributed by atoms with Crippen molar-refractivity contribution in [3.05, 3.63) is 146 Å². The summed E-state index contributed by atoms with van der Waals surface area (Å²) in [5.74, 6) is 0. The van der Waals surface area contributed by atoms with Gasteiger partial charge in [-0.05, 0) is 78.9 Å². The average Bonchev–Trinajstić information content (AvgIpc) is 3.79. The first-order chi connectivity index (χ1) is 23.3. The van der Waals surface area contributed by atoms with Gasteiger partial charge in [0.1, 0.15) is 11.2 Å². The van der Waals surface area contributed by atoms with Crippen molar-refractivity contribution in [1.82, 2.24) is 28.5 Å². The first-order valence-electron chi connectivity index (χ1n) is 15.8. The maximum Gasteiger partial charge on any atom is 0.165 e. The third-order valence-corrected chi connectivity index (χ3v) is 9.67. The van der Waals surface area contributed by atoms with Crippen LogP contribution in [0.5, 0.6) is 0 Å². The molecule has 0 amide bonds. The van der Waals surface area contributed by atoms with Gasteiger partial charge in [-0.25, -0.2) is 9.97 Å². The van der Waals surface area contributed by atoms with Gasteiger partial charge in [-0.3, -0.25) is 9.38 Å². The van der Waals surface area contributed by atoms with Crippen LogP contribution in [0.3, 0.4) is 0 Å². The van der Waals surface area contributed by atoms with E-state index in [0.717, 1.165) is 61.0 Å². The Hall–Kier alpha value is -6.53. The van der Waals surface area contributed by atoms with Crippen LogP contribution in [0.2, 0.25) is 0 Å². The van der Waals surface area contributed by atoms with Crippen LogP contribution in [-0.4, -0.2) is 28.5 Å². The molecule has 11 aromatic rings. The molecular weight excluding hydrogens is 576 g/mol. The molecule has 0 radical (unpaired) electrons. The van der Waals surface area contributed by atoms with Gasteiger partial charge in [-0.2, -0.15) is 0 Å². The lowest BCUT2D eigenvalue weighted by Crippen LogP contribution is -1.96. The fraction of sp³-hybridized carbons (Fsp3) is 0. The number of nitrogens with zero attached hydrogens (tertiary/aromatic N) is 6. The van der Waals surface area contributed by atoms with Gasteiger partial charge in [0.2, 0.25) is 0 Å². The summed E-state index contributed by atoms with van der Waals surface area (Å²) in [6, 6.07) is 47.4. The van der Waals surface area contributed by atoms with E-state index in [0.29, 0.717) is 0 Å². The first-order valence-corrected chi connectivity index (χ1v) is 15.8. The third-order valence-electron chi connectivity index (χ3n) is 9.67. The molecule has 6 aromatic heterocycles. The molecule has 11 rings (SSSR count). The molecular formula is C41H24N6. The summed E-state index contributed by atoms with van der Waals surface area (Å²) >= 11 is 0. The second-order valence-electron chi connectivity index (χ2n) is 12.1. The molecule has 0 atom stereocenters. The van der Waals surface area contributed by atoms with Crippen molar-refractivity contribution in [1.29, 1.82) is 0 Å². The topological polar surface area (TPSA) is 52.9 Å². The Kier molecular flexibility index (Phi) is 4.75. The van der Waals surface area contributed by atoms with E-state index in [1.807, 2.05) is 30.6 Å². The van der Waals surface area contributed by atoms with E-state index < -0.39 is 0 Å². The molecule has 5 aromatic carbocycles. The summed E-state index contributed by atoms with van der Waals surface area (Å²) < 4.78 is 6.95. The minimum atomic E-state index is 0.838. The Morgan fingerprint density at radius 1 is 0.404 bits per heavy atom. The van der Waals surface area contributed by atoms with Crippen LogP contribution in [0.15, 0.2) is 146 Å². The molecule has 0 spiro atoms. The molecule has 0 unspecified atom stereocenters. The number of fused-ring (bicyclic) bond motifs is 15. The quantitative estimate of drug-likeness (QED) is 0.186. The fourth-order valence-electron chi connectivity index (χ4n) is 7.80. The second kappa shape index (κ2) is 9.02. The van der Waals surface area contributed by atoms with Crippen molar-refractivity contribution < 1.29 is 0 Å². The number of hydrogen-bond acceptors (Lipinski definition) is 3. The van der Waals surface area contributed by atoms with Crippen molar-refractivity contribution in [2.24, 2.45) is 0 Å².